The molecule has 12 heteroatoms. The zero-order valence-electron chi connectivity index (χ0n) is 20.5. The van der Waals surface area contributed by atoms with E-state index in [9.17, 15) is 4.79 Å². The molecular weight excluding hydrogens is 452 g/mol. The van der Waals surface area contributed by atoms with E-state index in [1.54, 1.807) is 20.4 Å². The molecule has 0 aliphatic carbocycles. The Bertz CT molecular complexity index is 1160. The van der Waals surface area contributed by atoms with Gasteiger partial charge in [0.2, 0.25) is 17.8 Å². The smallest absolute Gasteiger partial charge is 0.407 e. The summed E-state index contributed by atoms with van der Waals surface area (Å²) < 4.78 is 16.3. The molecule has 0 saturated carbocycles. The van der Waals surface area contributed by atoms with Crippen molar-refractivity contribution in [3.8, 4) is 17.1 Å². The third-order valence-electron chi connectivity index (χ3n) is 5.19. The Hall–Kier alpha value is -4.09. The number of oxazole rings is 1. The van der Waals surface area contributed by atoms with Crippen LogP contribution in [0.2, 0.25) is 0 Å². The summed E-state index contributed by atoms with van der Waals surface area (Å²) in [5, 5.41) is 9.10. The summed E-state index contributed by atoms with van der Waals surface area (Å²) in [6.07, 6.45) is 3.33. The van der Waals surface area contributed by atoms with Crippen molar-refractivity contribution in [3.05, 3.63) is 30.8 Å². The van der Waals surface area contributed by atoms with Gasteiger partial charge in [-0.1, -0.05) is 0 Å². The van der Waals surface area contributed by atoms with Gasteiger partial charge in [0, 0.05) is 31.9 Å². The lowest BCUT2D eigenvalue weighted by Crippen LogP contribution is -2.40. The molecule has 1 unspecified atom stereocenters. The Balaban J connectivity index is 1.48. The molecule has 1 atom stereocenters. The van der Waals surface area contributed by atoms with Crippen LogP contribution in [0, 0.1) is 0 Å². The third kappa shape index (κ3) is 6.08. The molecule has 3 N–H and O–H groups in total. The lowest BCUT2D eigenvalue weighted by molar-refractivity contribution is 0.0509. The lowest BCUT2D eigenvalue weighted by atomic mass is 10.1. The maximum absolute atomic E-state index is 12.1. The van der Waals surface area contributed by atoms with Gasteiger partial charge in [-0.15, -0.1) is 0 Å². The SMILES string of the molecule is CNc1nc(Nc2ccc(-c3cnco3)c(OC)c2)nc(N2CCC(NC(=O)OC(C)(C)C)C2)n1. The number of hydrogen-bond donors (Lipinski definition) is 3. The number of ether oxygens (including phenoxy) is 2. The number of alkyl carbamates (subject to hydrolysis) is 1. The predicted octanol–water partition coefficient (Wildman–Crippen LogP) is 3.42. The molecule has 35 heavy (non-hydrogen) atoms. The van der Waals surface area contributed by atoms with E-state index in [1.807, 2.05) is 43.9 Å². The van der Waals surface area contributed by atoms with Crippen LogP contribution < -0.4 is 25.6 Å². The van der Waals surface area contributed by atoms with E-state index in [0.29, 0.717) is 42.4 Å². The summed E-state index contributed by atoms with van der Waals surface area (Å²) in [6, 6.07) is 5.51. The Morgan fingerprint density at radius 1 is 1.20 bits per heavy atom. The number of rotatable bonds is 7. The third-order valence-corrected chi connectivity index (χ3v) is 5.19. The molecule has 186 valence electrons. The van der Waals surface area contributed by atoms with Gasteiger partial charge in [-0.25, -0.2) is 9.78 Å². The number of carbonyl (C=O) groups is 1. The summed E-state index contributed by atoms with van der Waals surface area (Å²) in [5.41, 5.74) is 0.966. The highest BCUT2D eigenvalue weighted by molar-refractivity contribution is 5.71. The number of nitrogens with one attached hydrogen (secondary N) is 3. The van der Waals surface area contributed by atoms with Crippen molar-refractivity contribution in [1.82, 2.24) is 25.3 Å². The normalized spacial score (nSPS) is 15.6. The first kappa shape index (κ1) is 24.0. The minimum atomic E-state index is -0.547. The van der Waals surface area contributed by atoms with E-state index in [1.165, 1.54) is 6.39 Å². The largest absolute Gasteiger partial charge is 0.496 e. The minimum Gasteiger partial charge on any atom is -0.496 e. The van der Waals surface area contributed by atoms with Crippen LogP contribution >= 0.6 is 0 Å². The summed E-state index contributed by atoms with van der Waals surface area (Å²) in [7, 11) is 3.34. The first-order valence-corrected chi connectivity index (χ1v) is 11.3. The van der Waals surface area contributed by atoms with E-state index in [2.05, 4.69) is 35.9 Å². The molecular formula is C23H30N8O4. The van der Waals surface area contributed by atoms with E-state index in [4.69, 9.17) is 13.9 Å². The van der Waals surface area contributed by atoms with Crippen LogP contribution in [-0.2, 0) is 4.74 Å². The first-order chi connectivity index (χ1) is 16.7. The number of hydrogen-bond acceptors (Lipinski definition) is 11. The molecule has 1 amide bonds. The molecule has 1 saturated heterocycles. The predicted molar refractivity (Wildman–Crippen MR) is 131 cm³/mol. The molecule has 0 spiro atoms. The Morgan fingerprint density at radius 2 is 2.00 bits per heavy atom. The second-order valence-electron chi connectivity index (χ2n) is 9.02. The zero-order chi connectivity index (χ0) is 25.0. The second-order valence-corrected chi connectivity index (χ2v) is 9.02. The Kier molecular flexibility index (Phi) is 6.90. The van der Waals surface area contributed by atoms with Crippen LogP contribution in [0.15, 0.2) is 35.2 Å². The summed E-state index contributed by atoms with van der Waals surface area (Å²) >= 11 is 0. The topological polar surface area (TPSA) is 140 Å². The number of benzene rings is 1. The quantitative estimate of drug-likeness (QED) is 0.456. The molecule has 1 aliphatic rings. The molecule has 1 aliphatic heterocycles. The Morgan fingerprint density at radius 3 is 2.69 bits per heavy atom. The molecule has 4 rings (SSSR count). The van der Waals surface area contributed by atoms with Gasteiger partial charge in [0.05, 0.1) is 24.9 Å². The number of anilines is 4. The molecule has 0 bridgehead atoms. The monoisotopic (exact) mass is 482 g/mol. The fraction of sp³-hybridized carbons (Fsp3) is 0.435. The number of amides is 1. The highest BCUT2D eigenvalue weighted by atomic mass is 16.6. The van der Waals surface area contributed by atoms with Crippen molar-refractivity contribution >= 4 is 29.6 Å². The van der Waals surface area contributed by atoms with Crippen LogP contribution in [0.1, 0.15) is 27.2 Å². The lowest BCUT2D eigenvalue weighted by Gasteiger charge is -2.22. The van der Waals surface area contributed by atoms with E-state index in [-0.39, 0.29) is 6.04 Å². The number of nitrogens with zero attached hydrogens (tertiary/aromatic N) is 5. The van der Waals surface area contributed by atoms with Crippen LogP contribution in [0.5, 0.6) is 5.75 Å². The zero-order valence-corrected chi connectivity index (χ0v) is 20.5. The molecule has 3 aromatic rings. The fourth-order valence-corrected chi connectivity index (χ4v) is 3.66. The average molecular weight is 483 g/mol. The number of carbonyl (C=O) groups excluding carboxylic acids is 1. The van der Waals surface area contributed by atoms with Crippen LogP contribution in [0.4, 0.5) is 28.3 Å². The van der Waals surface area contributed by atoms with Gasteiger partial charge in [0.1, 0.15) is 11.4 Å². The maximum atomic E-state index is 12.1. The molecule has 3 heterocycles. The van der Waals surface area contributed by atoms with Gasteiger partial charge >= 0.3 is 6.09 Å². The summed E-state index contributed by atoms with van der Waals surface area (Å²) in [6.45, 7) is 6.76. The highest BCUT2D eigenvalue weighted by Crippen LogP contribution is 2.33. The van der Waals surface area contributed by atoms with E-state index < -0.39 is 11.7 Å². The van der Waals surface area contributed by atoms with Crippen molar-refractivity contribution < 1.29 is 18.7 Å². The van der Waals surface area contributed by atoms with Crippen molar-refractivity contribution in [2.75, 3.05) is 42.8 Å². The minimum absolute atomic E-state index is 0.0658. The van der Waals surface area contributed by atoms with Crippen LogP contribution in [0.25, 0.3) is 11.3 Å². The van der Waals surface area contributed by atoms with Crippen molar-refractivity contribution in [3.63, 3.8) is 0 Å². The maximum Gasteiger partial charge on any atom is 0.407 e. The van der Waals surface area contributed by atoms with Crippen molar-refractivity contribution in [2.24, 2.45) is 0 Å². The van der Waals surface area contributed by atoms with Gasteiger partial charge < -0.3 is 34.7 Å². The number of methoxy groups -OCH3 is 1. The van der Waals surface area contributed by atoms with Crippen molar-refractivity contribution in [2.45, 2.75) is 38.8 Å². The molecule has 2 aromatic heterocycles. The second kappa shape index (κ2) is 10.0. The van der Waals surface area contributed by atoms with Crippen LogP contribution in [0.3, 0.4) is 0 Å². The fourth-order valence-electron chi connectivity index (χ4n) is 3.66. The Labute approximate surface area is 203 Å². The van der Waals surface area contributed by atoms with Gasteiger partial charge in [-0.3, -0.25) is 0 Å². The van der Waals surface area contributed by atoms with Gasteiger partial charge in [0.15, 0.2) is 12.2 Å². The number of aromatic nitrogens is 4. The van der Waals surface area contributed by atoms with Gasteiger partial charge in [0.25, 0.3) is 0 Å². The first-order valence-electron chi connectivity index (χ1n) is 11.3. The van der Waals surface area contributed by atoms with Gasteiger partial charge in [-0.2, -0.15) is 15.0 Å². The van der Waals surface area contributed by atoms with Crippen LogP contribution in [-0.4, -0.2) is 64.9 Å². The summed E-state index contributed by atoms with van der Waals surface area (Å²) in [5.74, 6) is 2.52. The molecule has 12 nitrogen and oxygen atoms in total. The molecule has 1 fully saturated rings. The van der Waals surface area contributed by atoms with E-state index in [0.717, 1.165) is 17.7 Å². The van der Waals surface area contributed by atoms with Gasteiger partial charge in [-0.05, 0) is 39.3 Å². The standard InChI is InChI=1S/C23H30N8O4/c1-23(2,3)35-22(32)27-15-8-9-31(12-15)21-29-19(24-4)28-20(30-21)26-14-6-7-16(17(10-14)33-5)18-11-25-13-34-18/h6-7,10-11,13,15H,8-9,12H2,1-5H3,(H,27,32)(H2,24,26,28,29,30). The highest BCUT2D eigenvalue weighted by Gasteiger charge is 2.28. The molecule has 0 radical (unpaired) electrons. The average Bonchev–Trinajstić information content (AvgIpc) is 3.50. The molecule has 1 aromatic carbocycles. The van der Waals surface area contributed by atoms with Crippen molar-refractivity contribution in [1.29, 1.82) is 0 Å². The summed E-state index contributed by atoms with van der Waals surface area (Å²) in [4.78, 5) is 31.6. The van der Waals surface area contributed by atoms with E-state index >= 15 is 0 Å².